The van der Waals surface area contributed by atoms with Gasteiger partial charge in [0, 0.05) is 11.8 Å². The zero-order chi connectivity index (χ0) is 17.4. The van der Waals surface area contributed by atoms with E-state index in [0.717, 1.165) is 16.9 Å². The number of imidazole rings is 1. The van der Waals surface area contributed by atoms with Crippen LogP contribution in [0.2, 0.25) is 0 Å². The smallest absolute Gasteiger partial charge is 0.260 e. The van der Waals surface area contributed by atoms with Crippen molar-refractivity contribution in [3.8, 4) is 11.3 Å². The number of benzene rings is 1. The van der Waals surface area contributed by atoms with Crippen molar-refractivity contribution in [3.63, 3.8) is 0 Å². The molecule has 0 bridgehead atoms. The van der Waals surface area contributed by atoms with Gasteiger partial charge in [-0.25, -0.2) is 4.98 Å². The SMILES string of the molecule is Cc1cc(C(=O)Nc2c(-c3ccccc3)nc3ccccn23)c(C)o1. The highest BCUT2D eigenvalue weighted by atomic mass is 16.3. The molecule has 0 fully saturated rings. The highest BCUT2D eigenvalue weighted by Crippen LogP contribution is 2.29. The van der Waals surface area contributed by atoms with E-state index in [4.69, 9.17) is 4.42 Å². The van der Waals surface area contributed by atoms with Gasteiger partial charge in [0.05, 0.1) is 5.56 Å². The Balaban J connectivity index is 1.83. The maximum Gasteiger partial charge on any atom is 0.260 e. The number of nitrogens with zero attached hydrogens (tertiary/aromatic N) is 2. The minimum absolute atomic E-state index is 0.211. The Hall–Kier alpha value is -3.34. The summed E-state index contributed by atoms with van der Waals surface area (Å²) in [6, 6.07) is 17.3. The van der Waals surface area contributed by atoms with Gasteiger partial charge in [0.1, 0.15) is 28.7 Å². The summed E-state index contributed by atoms with van der Waals surface area (Å²) in [7, 11) is 0. The Labute approximate surface area is 144 Å². The summed E-state index contributed by atoms with van der Waals surface area (Å²) in [5.74, 6) is 1.75. The second-order valence-corrected chi connectivity index (χ2v) is 5.88. The number of amides is 1. The maximum atomic E-state index is 12.8. The molecule has 124 valence electrons. The molecule has 4 rings (SSSR count). The summed E-state index contributed by atoms with van der Waals surface area (Å²) in [6.45, 7) is 3.61. The van der Waals surface area contributed by atoms with Gasteiger partial charge in [-0.1, -0.05) is 36.4 Å². The number of aryl methyl sites for hydroxylation is 2. The molecule has 0 saturated carbocycles. The molecule has 25 heavy (non-hydrogen) atoms. The number of hydrogen-bond donors (Lipinski definition) is 1. The lowest BCUT2D eigenvalue weighted by atomic mass is 10.1. The predicted molar refractivity (Wildman–Crippen MR) is 96.8 cm³/mol. The van der Waals surface area contributed by atoms with Crippen molar-refractivity contribution >= 4 is 17.4 Å². The number of nitrogens with one attached hydrogen (secondary N) is 1. The largest absolute Gasteiger partial charge is 0.466 e. The van der Waals surface area contributed by atoms with Crippen LogP contribution in [0.15, 0.2) is 65.2 Å². The van der Waals surface area contributed by atoms with Crippen molar-refractivity contribution in [2.24, 2.45) is 0 Å². The number of carbonyl (C=O) groups is 1. The minimum atomic E-state index is -0.211. The van der Waals surface area contributed by atoms with E-state index in [9.17, 15) is 4.79 Å². The topological polar surface area (TPSA) is 59.5 Å². The molecule has 1 aromatic carbocycles. The van der Waals surface area contributed by atoms with Crippen molar-refractivity contribution in [2.45, 2.75) is 13.8 Å². The zero-order valence-corrected chi connectivity index (χ0v) is 14.0. The van der Waals surface area contributed by atoms with Crippen LogP contribution in [-0.2, 0) is 0 Å². The quantitative estimate of drug-likeness (QED) is 0.603. The fourth-order valence-electron chi connectivity index (χ4n) is 2.94. The van der Waals surface area contributed by atoms with E-state index in [1.807, 2.05) is 66.1 Å². The van der Waals surface area contributed by atoms with E-state index in [2.05, 4.69) is 10.3 Å². The molecule has 0 saturated heterocycles. The fraction of sp³-hybridized carbons (Fsp3) is 0.100. The van der Waals surface area contributed by atoms with Crippen LogP contribution < -0.4 is 5.32 Å². The molecule has 0 aliphatic rings. The van der Waals surface area contributed by atoms with E-state index in [0.29, 0.717) is 22.9 Å². The summed E-state index contributed by atoms with van der Waals surface area (Å²) in [5.41, 5.74) is 2.98. The average molecular weight is 331 g/mol. The molecule has 3 heterocycles. The maximum absolute atomic E-state index is 12.8. The molecular weight excluding hydrogens is 314 g/mol. The number of anilines is 1. The lowest BCUT2D eigenvalue weighted by Gasteiger charge is -2.07. The van der Waals surface area contributed by atoms with Crippen LogP contribution in [0.4, 0.5) is 5.82 Å². The fourth-order valence-corrected chi connectivity index (χ4v) is 2.94. The molecule has 0 unspecified atom stereocenters. The number of hydrogen-bond acceptors (Lipinski definition) is 3. The second-order valence-electron chi connectivity index (χ2n) is 5.88. The summed E-state index contributed by atoms with van der Waals surface area (Å²) < 4.78 is 7.35. The van der Waals surface area contributed by atoms with Crippen LogP contribution in [0.25, 0.3) is 16.9 Å². The normalized spacial score (nSPS) is 11.0. The summed E-state index contributed by atoms with van der Waals surface area (Å²) >= 11 is 0. The third-order valence-electron chi connectivity index (χ3n) is 4.09. The van der Waals surface area contributed by atoms with Gasteiger partial charge in [0.15, 0.2) is 0 Å². The van der Waals surface area contributed by atoms with Crippen LogP contribution >= 0.6 is 0 Å². The molecule has 0 atom stereocenters. The summed E-state index contributed by atoms with van der Waals surface area (Å²) in [6.07, 6.45) is 1.89. The highest BCUT2D eigenvalue weighted by molar-refractivity contribution is 6.06. The highest BCUT2D eigenvalue weighted by Gasteiger charge is 2.19. The molecule has 4 aromatic rings. The molecule has 1 amide bonds. The van der Waals surface area contributed by atoms with Gasteiger partial charge in [0.25, 0.3) is 5.91 Å². The van der Waals surface area contributed by atoms with Crippen molar-refractivity contribution in [1.29, 1.82) is 0 Å². The van der Waals surface area contributed by atoms with E-state index < -0.39 is 0 Å². The lowest BCUT2D eigenvalue weighted by molar-refractivity contribution is 0.102. The van der Waals surface area contributed by atoms with Gasteiger partial charge < -0.3 is 9.73 Å². The number of fused-ring (bicyclic) bond motifs is 1. The molecule has 0 spiro atoms. The Morgan fingerprint density at radius 1 is 1.08 bits per heavy atom. The van der Waals surface area contributed by atoms with Gasteiger partial charge in [-0.05, 0) is 32.0 Å². The van der Waals surface area contributed by atoms with Crippen LogP contribution in [0, 0.1) is 13.8 Å². The molecule has 5 heteroatoms. The molecule has 0 radical (unpaired) electrons. The first-order valence-corrected chi connectivity index (χ1v) is 8.04. The first-order chi connectivity index (χ1) is 12.1. The van der Waals surface area contributed by atoms with E-state index in [1.54, 1.807) is 13.0 Å². The van der Waals surface area contributed by atoms with Crippen molar-refractivity contribution in [3.05, 3.63) is 77.9 Å². The summed E-state index contributed by atoms with van der Waals surface area (Å²) in [4.78, 5) is 17.4. The standard InChI is InChI=1S/C20H17N3O2/c1-13-12-16(14(2)25-13)20(24)22-19-18(15-8-4-3-5-9-15)21-17-10-6-7-11-23(17)19/h3-12H,1-2H3,(H,22,24). The Morgan fingerprint density at radius 3 is 2.56 bits per heavy atom. The first-order valence-electron chi connectivity index (χ1n) is 8.04. The summed E-state index contributed by atoms with van der Waals surface area (Å²) in [5, 5.41) is 3.00. The predicted octanol–water partition coefficient (Wildman–Crippen LogP) is 4.46. The van der Waals surface area contributed by atoms with Gasteiger partial charge in [-0.15, -0.1) is 0 Å². The van der Waals surface area contributed by atoms with E-state index >= 15 is 0 Å². The average Bonchev–Trinajstić information content (AvgIpc) is 3.16. The minimum Gasteiger partial charge on any atom is -0.466 e. The second kappa shape index (κ2) is 5.94. The lowest BCUT2D eigenvalue weighted by Crippen LogP contribution is -2.14. The van der Waals surface area contributed by atoms with Crippen molar-refractivity contribution in [2.75, 3.05) is 5.32 Å². The number of carbonyl (C=O) groups excluding carboxylic acids is 1. The molecule has 0 aliphatic carbocycles. The van der Waals surface area contributed by atoms with Crippen LogP contribution in [0.1, 0.15) is 21.9 Å². The molecule has 1 N–H and O–H groups in total. The van der Waals surface area contributed by atoms with E-state index in [-0.39, 0.29) is 5.91 Å². The number of furan rings is 1. The number of aromatic nitrogens is 2. The third-order valence-corrected chi connectivity index (χ3v) is 4.09. The number of rotatable bonds is 3. The number of pyridine rings is 1. The molecular formula is C20H17N3O2. The Bertz CT molecular complexity index is 1060. The van der Waals surface area contributed by atoms with Gasteiger partial charge >= 0.3 is 0 Å². The van der Waals surface area contributed by atoms with Crippen LogP contribution in [-0.4, -0.2) is 15.3 Å². The third kappa shape index (κ3) is 2.70. The first kappa shape index (κ1) is 15.2. The van der Waals surface area contributed by atoms with Gasteiger partial charge in [0.2, 0.25) is 0 Å². The molecule has 0 aliphatic heterocycles. The zero-order valence-electron chi connectivity index (χ0n) is 14.0. The Kier molecular flexibility index (Phi) is 3.61. The van der Waals surface area contributed by atoms with Crippen LogP contribution in [0.3, 0.4) is 0 Å². The monoisotopic (exact) mass is 331 g/mol. The van der Waals surface area contributed by atoms with Crippen LogP contribution in [0.5, 0.6) is 0 Å². The molecule has 5 nitrogen and oxygen atoms in total. The Morgan fingerprint density at radius 2 is 1.84 bits per heavy atom. The van der Waals surface area contributed by atoms with Crippen molar-refractivity contribution in [1.82, 2.24) is 9.38 Å². The van der Waals surface area contributed by atoms with E-state index in [1.165, 1.54) is 0 Å². The van der Waals surface area contributed by atoms with Gasteiger partial charge in [-0.3, -0.25) is 9.20 Å². The van der Waals surface area contributed by atoms with Crippen molar-refractivity contribution < 1.29 is 9.21 Å². The van der Waals surface area contributed by atoms with Gasteiger partial charge in [-0.2, -0.15) is 0 Å². The molecule has 3 aromatic heterocycles.